The Labute approximate surface area is 173 Å². The zero-order valence-corrected chi connectivity index (χ0v) is 15.9. The van der Waals surface area contributed by atoms with E-state index in [1.807, 2.05) is 12.1 Å². The number of hydrogen-bond donors (Lipinski definition) is 0. The van der Waals surface area contributed by atoms with Gasteiger partial charge in [-0.05, 0) is 48.5 Å². The first-order valence-corrected chi connectivity index (χ1v) is 9.31. The predicted octanol–water partition coefficient (Wildman–Crippen LogP) is 5.19. The maximum atomic E-state index is 12.6. The monoisotopic (exact) mass is 395 g/mol. The number of pyridine rings is 1. The summed E-state index contributed by atoms with van der Waals surface area (Å²) >= 11 is 0. The van der Waals surface area contributed by atoms with Gasteiger partial charge in [0.05, 0.1) is 22.4 Å². The number of carbonyl (C=O) groups is 2. The molecular weight excluding hydrogens is 378 g/mol. The van der Waals surface area contributed by atoms with Gasteiger partial charge in [0.1, 0.15) is 11.5 Å². The van der Waals surface area contributed by atoms with Crippen LogP contribution in [-0.2, 0) is 0 Å². The summed E-state index contributed by atoms with van der Waals surface area (Å²) in [6.45, 7) is 0. The molecule has 4 rings (SSSR count). The van der Waals surface area contributed by atoms with E-state index in [1.54, 1.807) is 91.1 Å². The molecule has 3 aromatic carbocycles. The average Bonchev–Trinajstić information content (AvgIpc) is 2.81. The fraction of sp³-hybridized carbons (Fsp3) is 0. The van der Waals surface area contributed by atoms with E-state index in [1.165, 1.54) is 0 Å². The quantitative estimate of drug-likeness (QED) is 0.344. The van der Waals surface area contributed by atoms with E-state index < -0.39 is 11.9 Å². The number of hydrogen-bond acceptors (Lipinski definition) is 5. The highest BCUT2D eigenvalue weighted by Gasteiger charge is 2.20. The van der Waals surface area contributed by atoms with Gasteiger partial charge < -0.3 is 9.47 Å². The Morgan fingerprint density at radius 2 is 1.07 bits per heavy atom. The lowest BCUT2D eigenvalue weighted by Gasteiger charge is -2.14. The van der Waals surface area contributed by atoms with Crippen molar-refractivity contribution in [2.75, 3.05) is 0 Å². The number of aromatic nitrogens is 1. The molecule has 5 nitrogen and oxygen atoms in total. The highest BCUT2D eigenvalue weighted by atomic mass is 16.5. The maximum Gasteiger partial charge on any atom is 0.343 e. The van der Waals surface area contributed by atoms with E-state index >= 15 is 0 Å². The van der Waals surface area contributed by atoms with Gasteiger partial charge in [0.25, 0.3) is 0 Å². The van der Waals surface area contributed by atoms with Crippen molar-refractivity contribution in [3.8, 4) is 22.8 Å². The molecule has 0 fully saturated rings. The van der Waals surface area contributed by atoms with E-state index in [0.29, 0.717) is 22.4 Å². The summed E-state index contributed by atoms with van der Waals surface area (Å²) in [5.74, 6) is -0.527. The van der Waals surface area contributed by atoms with Crippen LogP contribution in [0.15, 0.2) is 103 Å². The highest BCUT2D eigenvalue weighted by Crippen LogP contribution is 2.38. The summed E-state index contributed by atoms with van der Waals surface area (Å²) in [7, 11) is 0. The number of esters is 2. The molecular formula is C25H17NO4. The molecule has 0 unspecified atom stereocenters. The summed E-state index contributed by atoms with van der Waals surface area (Å²) in [4.78, 5) is 29.6. The van der Waals surface area contributed by atoms with Crippen LogP contribution in [0.25, 0.3) is 11.3 Å². The zero-order chi connectivity index (χ0) is 20.8. The van der Waals surface area contributed by atoms with Crippen LogP contribution in [0.3, 0.4) is 0 Å². The SMILES string of the molecule is O=C(Oc1cccc(OC(=O)c2ccccc2)c1-c1ccccn1)c1ccccc1. The first kappa shape index (κ1) is 19.1. The highest BCUT2D eigenvalue weighted by molar-refractivity contribution is 5.94. The normalized spacial score (nSPS) is 10.3. The molecule has 0 saturated carbocycles. The second-order valence-corrected chi connectivity index (χ2v) is 6.36. The van der Waals surface area contributed by atoms with Crippen molar-refractivity contribution < 1.29 is 19.1 Å². The van der Waals surface area contributed by atoms with E-state index in [0.717, 1.165) is 0 Å². The minimum Gasteiger partial charge on any atom is -0.422 e. The topological polar surface area (TPSA) is 65.5 Å². The number of ether oxygens (including phenoxy) is 2. The van der Waals surface area contributed by atoms with Crippen LogP contribution in [0.2, 0.25) is 0 Å². The number of rotatable bonds is 5. The fourth-order valence-corrected chi connectivity index (χ4v) is 2.91. The molecule has 4 aromatic rings. The smallest absolute Gasteiger partial charge is 0.343 e. The summed E-state index contributed by atoms with van der Waals surface area (Å²) in [5.41, 5.74) is 1.77. The molecule has 146 valence electrons. The summed E-state index contributed by atoms with van der Waals surface area (Å²) in [5, 5.41) is 0. The molecule has 0 N–H and O–H groups in total. The van der Waals surface area contributed by atoms with Crippen molar-refractivity contribution in [1.82, 2.24) is 4.98 Å². The van der Waals surface area contributed by atoms with Crippen LogP contribution in [0.5, 0.6) is 11.5 Å². The third kappa shape index (κ3) is 4.25. The summed E-state index contributed by atoms with van der Waals surface area (Å²) < 4.78 is 11.3. The van der Waals surface area contributed by atoms with Gasteiger partial charge in [-0.15, -0.1) is 0 Å². The second kappa shape index (κ2) is 8.84. The zero-order valence-electron chi connectivity index (χ0n) is 15.9. The van der Waals surface area contributed by atoms with Crippen molar-refractivity contribution >= 4 is 11.9 Å². The molecule has 0 aliphatic carbocycles. The molecule has 1 heterocycles. The molecule has 0 radical (unpaired) electrons. The Bertz CT molecular complexity index is 1090. The Balaban J connectivity index is 1.72. The minimum absolute atomic E-state index is 0.251. The largest absolute Gasteiger partial charge is 0.422 e. The molecule has 0 spiro atoms. The van der Waals surface area contributed by atoms with Crippen LogP contribution >= 0.6 is 0 Å². The standard InChI is InChI=1S/C25H17NO4/c27-24(18-10-3-1-4-11-18)29-21-15-9-16-22(23(21)20-14-7-8-17-26-20)30-25(28)19-12-5-2-6-13-19/h1-17H. The second-order valence-electron chi connectivity index (χ2n) is 6.36. The molecule has 1 aromatic heterocycles. The van der Waals surface area contributed by atoms with E-state index in [-0.39, 0.29) is 11.5 Å². The molecule has 0 saturated heterocycles. The van der Waals surface area contributed by atoms with E-state index in [2.05, 4.69) is 4.98 Å². The molecule has 30 heavy (non-hydrogen) atoms. The number of nitrogens with zero attached hydrogens (tertiary/aromatic N) is 1. The fourth-order valence-electron chi connectivity index (χ4n) is 2.91. The lowest BCUT2D eigenvalue weighted by Crippen LogP contribution is -2.12. The Hall–Kier alpha value is -4.25. The van der Waals surface area contributed by atoms with Gasteiger partial charge in [-0.1, -0.05) is 48.5 Å². The first-order chi connectivity index (χ1) is 14.7. The van der Waals surface area contributed by atoms with Gasteiger partial charge in [0, 0.05) is 6.20 Å². The van der Waals surface area contributed by atoms with Crippen LogP contribution < -0.4 is 9.47 Å². The van der Waals surface area contributed by atoms with Gasteiger partial charge in [0.15, 0.2) is 0 Å². The third-order valence-corrected chi connectivity index (χ3v) is 4.33. The molecule has 0 amide bonds. The predicted molar refractivity (Wildman–Crippen MR) is 112 cm³/mol. The van der Waals surface area contributed by atoms with Gasteiger partial charge in [-0.2, -0.15) is 0 Å². The molecule has 0 aliphatic rings. The third-order valence-electron chi connectivity index (χ3n) is 4.33. The number of carbonyl (C=O) groups excluding carboxylic acids is 2. The van der Waals surface area contributed by atoms with Crippen molar-refractivity contribution in [3.05, 3.63) is 114 Å². The van der Waals surface area contributed by atoms with Crippen LogP contribution in [0, 0.1) is 0 Å². The van der Waals surface area contributed by atoms with Crippen molar-refractivity contribution in [2.45, 2.75) is 0 Å². The van der Waals surface area contributed by atoms with E-state index in [9.17, 15) is 9.59 Å². The number of benzene rings is 3. The van der Waals surface area contributed by atoms with Crippen molar-refractivity contribution in [1.29, 1.82) is 0 Å². The molecule has 0 aliphatic heterocycles. The van der Waals surface area contributed by atoms with Crippen LogP contribution in [0.1, 0.15) is 20.7 Å². The van der Waals surface area contributed by atoms with Gasteiger partial charge in [-0.3, -0.25) is 4.98 Å². The van der Waals surface area contributed by atoms with Crippen molar-refractivity contribution in [3.63, 3.8) is 0 Å². The molecule has 0 atom stereocenters. The Morgan fingerprint density at radius 1 is 0.567 bits per heavy atom. The lowest BCUT2D eigenvalue weighted by atomic mass is 10.1. The van der Waals surface area contributed by atoms with Gasteiger partial charge in [-0.25, -0.2) is 9.59 Å². The average molecular weight is 395 g/mol. The van der Waals surface area contributed by atoms with Gasteiger partial charge in [0.2, 0.25) is 0 Å². The van der Waals surface area contributed by atoms with Gasteiger partial charge >= 0.3 is 11.9 Å². The molecule has 5 heteroatoms. The Morgan fingerprint density at radius 3 is 1.53 bits per heavy atom. The minimum atomic E-state index is -0.515. The first-order valence-electron chi connectivity index (χ1n) is 9.31. The van der Waals surface area contributed by atoms with Crippen LogP contribution in [0.4, 0.5) is 0 Å². The lowest BCUT2D eigenvalue weighted by molar-refractivity contribution is 0.0734. The van der Waals surface area contributed by atoms with E-state index in [4.69, 9.17) is 9.47 Å². The molecule has 0 bridgehead atoms. The summed E-state index contributed by atoms with van der Waals surface area (Å²) in [6, 6.07) is 27.6. The maximum absolute atomic E-state index is 12.6. The van der Waals surface area contributed by atoms with Crippen LogP contribution in [-0.4, -0.2) is 16.9 Å². The summed E-state index contributed by atoms with van der Waals surface area (Å²) in [6.07, 6.45) is 1.62. The van der Waals surface area contributed by atoms with Crippen molar-refractivity contribution in [2.24, 2.45) is 0 Å². The Kier molecular flexibility index (Phi) is 5.62.